The lowest BCUT2D eigenvalue weighted by Crippen LogP contribution is -2.46. The number of piperidine rings is 1. The van der Waals surface area contributed by atoms with Crippen LogP contribution in [0.5, 0.6) is 0 Å². The van der Waals surface area contributed by atoms with Gasteiger partial charge in [-0.2, -0.15) is 0 Å². The highest BCUT2D eigenvalue weighted by molar-refractivity contribution is 5.94. The van der Waals surface area contributed by atoms with Gasteiger partial charge >= 0.3 is 0 Å². The van der Waals surface area contributed by atoms with Crippen LogP contribution < -0.4 is 10.9 Å². The molecule has 0 aliphatic carbocycles. The zero-order chi connectivity index (χ0) is 18.2. The van der Waals surface area contributed by atoms with Crippen LogP contribution in [-0.4, -0.2) is 41.6 Å². The summed E-state index contributed by atoms with van der Waals surface area (Å²) < 4.78 is 1.55. The van der Waals surface area contributed by atoms with Crippen molar-refractivity contribution in [3.63, 3.8) is 0 Å². The van der Waals surface area contributed by atoms with E-state index in [1.165, 1.54) is 6.07 Å². The number of hydrogen-bond acceptors (Lipinski definition) is 3. The van der Waals surface area contributed by atoms with Crippen molar-refractivity contribution in [3.05, 3.63) is 64.6 Å². The molecule has 1 amide bonds. The Bertz CT molecular complexity index is 737. The monoisotopic (exact) mass is 341 g/mol. The van der Waals surface area contributed by atoms with Gasteiger partial charge in [-0.15, -0.1) is 0 Å². The first-order chi connectivity index (χ1) is 12.1. The summed E-state index contributed by atoms with van der Waals surface area (Å²) in [6.07, 6.45) is 3.85. The van der Waals surface area contributed by atoms with Gasteiger partial charge in [0, 0.05) is 36.1 Å². The molecule has 3 rings (SSSR count). The minimum atomic E-state index is -0.0880. The quantitative estimate of drug-likeness (QED) is 0.934. The second kappa shape index (κ2) is 9.18. The predicted octanol–water partition coefficient (Wildman–Crippen LogP) is 2.69. The van der Waals surface area contributed by atoms with Gasteiger partial charge in [-0.05, 0) is 56.8 Å². The van der Waals surface area contributed by atoms with E-state index < -0.39 is 0 Å². The van der Waals surface area contributed by atoms with Crippen molar-refractivity contribution >= 4 is 5.91 Å². The van der Waals surface area contributed by atoms with Crippen molar-refractivity contribution in [2.75, 3.05) is 20.1 Å². The molecule has 0 radical (unpaired) electrons. The van der Waals surface area contributed by atoms with Crippen molar-refractivity contribution in [1.29, 1.82) is 0 Å². The van der Waals surface area contributed by atoms with Crippen LogP contribution in [0, 0.1) is 0 Å². The number of likely N-dealkylation sites (N-methyl/N-ethyl adjacent to an activating group) is 1. The van der Waals surface area contributed by atoms with Gasteiger partial charge in [0.1, 0.15) is 0 Å². The molecule has 2 aromatic rings. The first-order valence-electron chi connectivity index (χ1n) is 8.91. The lowest BCUT2D eigenvalue weighted by molar-refractivity contribution is 0.0912. The van der Waals surface area contributed by atoms with Gasteiger partial charge in [0.05, 0.1) is 0 Å². The second-order valence-corrected chi connectivity index (χ2v) is 6.03. The number of amides is 1. The SMILES string of the molecule is CC.CN1CCC[C@@H](NC(=O)c2ccc(-n3ccccc3=O)cc2)C1. The van der Waals surface area contributed by atoms with Crippen LogP contribution in [0.25, 0.3) is 5.69 Å². The average molecular weight is 341 g/mol. The summed E-state index contributed by atoms with van der Waals surface area (Å²) >= 11 is 0. The number of carbonyl (C=O) groups excluding carboxylic acids is 1. The molecule has 1 aromatic heterocycles. The summed E-state index contributed by atoms with van der Waals surface area (Å²) in [6, 6.07) is 12.3. The summed E-state index contributed by atoms with van der Waals surface area (Å²) in [5.74, 6) is -0.0581. The Balaban J connectivity index is 0.00000109. The van der Waals surface area contributed by atoms with Crippen LogP contribution in [0.4, 0.5) is 0 Å². The molecule has 0 spiro atoms. The van der Waals surface area contributed by atoms with E-state index in [-0.39, 0.29) is 17.5 Å². The topological polar surface area (TPSA) is 54.3 Å². The van der Waals surface area contributed by atoms with Crippen molar-refractivity contribution in [3.8, 4) is 5.69 Å². The minimum absolute atomic E-state index is 0.0581. The predicted molar refractivity (Wildman–Crippen MR) is 101 cm³/mol. The van der Waals surface area contributed by atoms with Crippen LogP contribution in [0.15, 0.2) is 53.5 Å². The van der Waals surface area contributed by atoms with E-state index in [9.17, 15) is 9.59 Å². The highest BCUT2D eigenvalue weighted by Gasteiger charge is 2.19. The molecule has 1 fully saturated rings. The number of pyridine rings is 1. The minimum Gasteiger partial charge on any atom is -0.348 e. The van der Waals surface area contributed by atoms with Crippen LogP contribution in [0.1, 0.15) is 37.0 Å². The standard InChI is InChI=1S/C18H21N3O2.C2H6/c1-20-11-4-5-15(13-20)19-18(23)14-7-9-16(10-8-14)21-12-3-2-6-17(21)22;1-2/h2-3,6-10,12,15H,4-5,11,13H2,1H3,(H,19,23);1-2H3/t15-;/m1./s1. The molecule has 1 aromatic carbocycles. The summed E-state index contributed by atoms with van der Waals surface area (Å²) in [5, 5.41) is 3.09. The number of rotatable bonds is 3. The van der Waals surface area contributed by atoms with Gasteiger partial charge < -0.3 is 10.2 Å². The van der Waals surface area contributed by atoms with E-state index in [1.807, 2.05) is 19.9 Å². The Morgan fingerprint density at radius 3 is 2.48 bits per heavy atom. The van der Waals surface area contributed by atoms with Gasteiger partial charge in [-0.25, -0.2) is 0 Å². The average Bonchev–Trinajstić information content (AvgIpc) is 2.64. The van der Waals surface area contributed by atoms with E-state index in [0.29, 0.717) is 5.56 Å². The molecule has 1 aliphatic rings. The number of aromatic nitrogens is 1. The molecular formula is C20H27N3O2. The maximum atomic E-state index is 12.3. The molecule has 0 bridgehead atoms. The molecule has 1 N–H and O–H groups in total. The first kappa shape index (κ1) is 18.9. The third-order valence-electron chi connectivity index (χ3n) is 4.19. The molecule has 1 atom stereocenters. The fraction of sp³-hybridized carbons (Fsp3) is 0.400. The van der Waals surface area contributed by atoms with Crippen molar-refractivity contribution < 1.29 is 4.79 Å². The second-order valence-electron chi connectivity index (χ2n) is 6.03. The number of benzene rings is 1. The number of hydrogen-bond donors (Lipinski definition) is 1. The van der Waals surface area contributed by atoms with Crippen molar-refractivity contribution in [1.82, 2.24) is 14.8 Å². The van der Waals surface area contributed by atoms with Gasteiger partial charge in [-0.3, -0.25) is 14.2 Å². The number of nitrogens with zero attached hydrogens (tertiary/aromatic N) is 2. The van der Waals surface area contributed by atoms with Crippen LogP contribution in [-0.2, 0) is 0 Å². The molecule has 0 saturated carbocycles. The lowest BCUT2D eigenvalue weighted by Gasteiger charge is -2.30. The Hall–Kier alpha value is -2.40. The fourth-order valence-electron chi connectivity index (χ4n) is 2.97. The molecule has 5 heteroatoms. The van der Waals surface area contributed by atoms with Crippen LogP contribution in [0.2, 0.25) is 0 Å². The van der Waals surface area contributed by atoms with Crippen LogP contribution in [0.3, 0.4) is 0 Å². The van der Waals surface area contributed by atoms with E-state index >= 15 is 0 Å². The summed E-state index contributed by atoms with van der Waals surface area (Å²) in [6.45, 7) is 5.98. The van der Waals surface area contributed by atoms with Crippen LogP contribution >= 0.6 is 0 Å². The smallest absolute Gasteiger partial charge is 0.255 e. The van der Waals surface area contributed by atoms with E-state index in [2.05, 4.69) is 17.3 Å². The maximum Gasteiger partial charge on any atom is 0.255 e. The number of carbonyl (C=O) groups is 1. The van der Waals surface area contributed by atoms with Gasteiger partial charge in [-0.1, -0.05) is 19.9 Å². The molecule has 5 nitrogen and oxygen atoms in total. The van der Waals surface area contributed by atoms with E-state index in [1.54, 1.807) is 41.1 Å². The van der Waals surface area contributed by atoms with Crippen molar-refractivity contribution in [2.45, 2.75) is 32.7 Å². The van der Waals surface area contributed by atoms with Gasteiger partial charge in [0.15, 0.2) is 0 Å². The summed E-state index contributed by atoms with van der Waals surface area (Å²) in [5.41, 5.74) is 1.28. The maximum absolute atomic E-state index is 12.3. The Kier molecular flexibility index (Phi) is 6.95. The van der Waals surface area contributed by atoms with E-state index in [4.69, 9.17) is 0 Å². The summed E-state index contributed by atoms with van der Waals surface area (Å²) in [7, 11) is 2.07. The normalized spacial score (nSPS) is 17.3. The molecule has 1 aliphatic heterocycles. The van der Waals surface area contributed by atoms with E-state index in [0.717, 1.165) is 31.6 Å². The third kappa shape index (κ3) is 5.03. The Morgan fingerprint density at radius 1 is 1.12 bits per heavy atom. The molecule has 2 heterocycles. The summed E-state index contributed by atoms with van der Waals surface area (Å²) in [4.78, 5) is 26.4. The number of likely N-dealkylation sites (tertiary alicyclic amines) is 1. The zero-order valence-corrected chi connectivity index (χ0v) is 15.2. The molecule has 0 unspecified atom stereocenters. The lowest BCUT2D eigenvalue weighted by atomic mass is 10.1. The third-order valence-corrected chi connectivity index (χ3v) is 4.19. The highest BCUT2D eigenvalue weighted by Crippen LogP contribution is 2.11. The highest BCUT2D eigenvalue weighted by atomic mass is 16.1. The molecule has 25 heavy (non-hydrogen) atoms. The molecular weight excluding hydrogens is 314 g/mol. The van der Waals surface area contributed by atoms with Gasteiger partial charge in [0.25, 0.3) is 11.5 Å². The molecule has 1 saturated heterocycles. The number of nitrogens with one attached hydrogen (secondary N) is 1. The Morgan fingerprint density at radius 2 is 1.84 bits per heavy atom. The largest absolute Gasteiger partial charge is 0.348 e. The Labute approximate surface area is 149 Å². The zero-order valence-electron chi connectivity index (χ0n) is 15.2. The first-order valence-corrected chi connectivity index (χ1v) is 8.91. The van der Waals surface area contributed by atoms with Gasteiger partial charge in [0.2, 0.25) is 0 Å². The molecule has 134 valence electrons. The fourth-order valence-corrected chi connectivity index (χ4v) is 2.97. The van der Waals surface area contributed by atoms with Crippen molar-refractivity contribution in [2.24, 2.45) is 0 Å².